The lowest BCUT2D eigenvalue weighted by molar-refractivity contribution is 0.0604. The Hall–Kier alpha value is -1.10. The van der Waals surface area contributed by atoms with E-state index in [-0.39, 0.29) is 12.6 Å². The monoisotopic (exact) mass is 251 g/mol. The maximum absolute atomic E-state index is 9.32. The molecule has 0 radical (unpaired) electrons. The summed E-state index contributed by atoms with van der Waals surface area (Å²) in [7, 11) is 1.59. The summed E-state index contributed by atoms with van der Waals surface area (Å²) in [6, 6.07) is 5.79. The minimum atomic E-state index is -0.426. The molecule has 0 bridgehead atoms. The molecule has 2 atom stereocenters. The SMILES string of the molecule is COCC(N)C(CO)Oc1ccc2c(c1)CCC2. The van der Waals surface area contributed by atoms with E-state index in [4.69, 9.17) is 15.2 Å². The first-order chi connectivity index (χ1) is 8.74. The summed E-state index contributed by atoms with van der Waals surface area (Å²) < 4.78 is 10.7. The molecule has 0 saturated heterocycles. The fourth-order valence-electron chi connectivity index (χ4n) is 2.36. The molecule has 3 N–H and O–H groups in total. The number of methoxy groups -OCH3 is 1. The second-order valence-electron chi connectivity index (χ2n) is 4.74. The van der Waals surface area contributed by atoms with Crippen LogP contribution in [0.3, 0.4) is 0 Å². The Kier molecular flexibility index (Phi) is 4.58. The van der Waals surface area contributed by atoms with E-state index in [2.05, 4.69) is 12.1 Å². The third-order valence-electron chi connectivity index (χ3n) is 3.37. The highest BCUT2D eigenvalue weighted by molar-refractivity contribution is 5.38. The molecule has 4 nitrogen and oxygen atoms in total. The van der Waals surface area contributed by atoms with E-state index in [1.807, 2.05) is 6.07 Å². The normalized spacial score (nSPS) is 17.3. The molecule has 18 heavy (non-hydrogen) atoms. The number of hydrogen-bond acceptors (Lipinski definition) is 4. The molecule has 0 fully saturated rings. The van der Waals surface area contributed by atoms with Crippen LogP contribution < -0.4 is 10.5 Å². The van der Waals surface area contributed by atoms with Gasteiger partial charge in [0.05, 0.1) is 19.3 Å². The van der Waals surface area contributed by atoms with Gasteiger partial charge >= 0.3 is 0 Å². The molecule has 0 heterocycles. The summed E-state index contributed by atoms with van der Waals surface area (Å²) in [6.45, 7) is 0.262. The summed E-state index contributed by atoms with van der Waals surface area (Å²) in [5.41, 5.74) is 8.65. The molecule has 1 aromatic rings. The first-order valence-corrected chi connectivity index (χ1v) is 6.38. The fourth-order valence-corrected chi connectivity index (χ4v) is 2.36. The Morgan fingerprint density at radius 3 is 2.83 bits per heavy atom. The number of aliphatic hydroxyl groups is 1. The van der Waals surface area contributed by atoms with Crippen molar-refractivity contribution in [1.29, 1.82) is 0 Å². The predicted molar refractivity (Wildman–Crippen MR) is 69.8 cm³/mol. The lowest BCUT2D eigenvalue weighted by Gasteiger charge is -2.23. The number of fused-ring (bicyclic) bond motifs is 1. The highest BCUT2D eigenvalue weighted by Gasteiger charge is 2.19. The standard InChI is InChI=1S/C14H21NO3/c1-17-9-13(15)14(8-16)18-12-6-5-10-3-2-4-11(10)7-12/h5-7,13-14,16H,2-4,8-9,15H2,1H3. The number of ether oxygens (including phenoxy) is 2. The highest BCUT2D eigenvalue weighted by atomic mass is 16.5. The first kappa shape index (κ1) is 13.3. The zero-order chi connectivity index (χ0) is 13.0. The number of benzene rings is 1. The fraction of sp³-hybridized carbons (Fsp3) is 0.571. The molecule has 1 aliphatic carbocycles. The lowest BCUT2D eigenvalue weighted by atomic mass is 10.1. The first-order valence-electron chi connectivity index (χ1n) is 6.38. The van der Waals surface area contributed by atoms with Gasteiger partial charge in [0.1, 0.15) is 11.9 Å². The number of rotatable bonds is 6. The van der Waals surface area contributed by atoms with Gasteiger partial charge in [0.2, 0.25) is 0 Å². The largest absolute Gasteiger partial charge is 0.486 e. The molecule has 1 aliphatic rings. The van der Waals surface area contributed by atoms with Crippen molar-refractivity contribution in [1.82, 2.24) is 0 Å². The van der Waals surface area contributed by atoms with Crippen molar-refractivity contribution in [3.8, 4) is 5.75 Å². The Bertz CT molecular complexity index is 395. The Balaban J connectivity index is 2.03. The van der Waals surface area contributed by atoms with Gasteiger partial charge in [-0.25, -0.2) is 0 Å². The van der Waals surface area contributed by atoms with E-state index in [0.717, 1.165) is 18.6 Å². The summed E-state index contributed by atoms with van der Waals surface area (Å²) in [4.78, 5) is 0. The topological polar surface area (TPSA) is 64.7 Å². The number of aliphatic hydroxyl groups excluding tert-OH is 1. The summed E-state index contributed by atoms with van der Waals surface area (Å²) in [5.74, 6) is 0.779. The Labute approximate surface area is 108 Å². The van der Waals surface area contributed by atoms with Crippen LogP contribution in [0.2, 0.25) is 0 Å². The van der Waals surface area contributed by atoms with Crippen LogP contribution in [0.15, 0.2) is 18.2 Å². The van der Waals surface area contributed by atoms with Crippen molar-refractivity contribution in [2.45, 2.75) is 31.4 Å². The minimum absolute atomic E-state index is 0.110. The average Bonchev–Trinajstić information content (AvgIpc) is 2.83. The van der Waals surface area contributed by atoms with Crippen LogP contribution in [0.5, 0.6) is 5.75 Å². The highest BCUT2D eigenvalue weighted by Crippen LogP contribution is 2.26. The molecular formula is C14H21NO3. The summed E-state index contributed by atoms with van der Waals surface area (Å²) >= 11 is 0. The Morgan fingerprint density at radius 1 is 1.33 bits per heavy atom. The number of nitrogens with two attached hydrogens (primary N) is 1. The predicted octanol–water partition coefficient (Wildman–Crippen LogP) is 0.889. The summed E-state index contributed by atoms with van der Waals surface area (Å²) in [6.07, 6.45) is 3.05. The van der Waals surface area contributed by atoms with Gasteiger partial charge in [-0.3, -0.25) is 0 Å². The smallest absolute Gasteiger partial charge is 0.139 e. The molecule has 0 amide bonds. The average molecular weight is 251 g/mol. The van der Waals surface area contributed by atoms with Gasteiger partial charge < -0.3 is 20.3 Å². The molecule has 0 aliphatic heterocycles. The second kappa shape index (κ2) is 6.18. The van der Waals surface area contributed by atoms with Crippen molar-refractivity contribution < 1.29 is 14.6 Å². The van der Waals surface area contributed by atoms with Crippen LogP contribution in [0.25, 0.3) is 0 Å². The van der Waals surface area contributed by atoms with Crippen molar-refractivity contribution >= 4 is 0 Å². The van der Waals surface area contributed by atoms with Crippen molar-refractivity contribution in [2.75, 3.05) is 20.3 Å². The van der Waals surface area contributed by atoms with Crippen LogP contribution in [-0.2, 0) is 17.6 Å². The molecule has 100 valence electrons. The van der Waals surface area contributed by atoms with Gasteiger partial charge in [0.15, 0.2) is 0 Å². The van der Waals surface area contributed by atoms with Gasteiger partial charge in [0, 0.05) is 7.11 Å². The van der Waals surface area contributed by atoms with Crippen molar-refractivity contribution in [3.05, 3.63) is 29.3 Å². The molecule has 1 aromatic carbocycles. The second-order valence-corrected chi connectivity index (χ2v) is 4.74. The molecule has 0 spiro atoms. The number of hydrogen-bond donors (Lipinski definition) is 2. The zero-order valence-corrected chi connectivity index (χ0v) is 10.8. The van der Waals surface area contributed by atoms with E-state index in [9.17, 15) is 5.11 Å². The van der Waals surface area contributed by atoms with Crippen LogP contribution in [-0.4, -0.2) is 37.6 Å². The minimum Gasteiger partial charge on any atom is -0.486 e. The van der Waals surface area contributed by atoms with Crippen LogP contribution >= 0.6 is 0 Å². The van der Waals surface area contributed by atoms with E-state index in [1.165, 1.54) is 17.5 Å². The van der Waals surface area contributed by atoms with Gasteiger partial charge in [-0.2, -0.15) is 0 Å². The molecule has 2 rings (SSSR count). The third kappa shape index (κ3) is 3.02. The molecule has 0 aromatic heterocycles. The van der Waals surface area contributed by atoms with Crippen molar-refractivity contribution in [2.24, 2.45) is 5.73 Å². The molecular weight excluding hydrogens is 230 g/mol. The summed E-state index contributed by atoms with van der Waals surface area (Å²) in [5, 5.41) is 9.32. The molecule has 4 heteroatoms. The Morgan fingerprint density at radius 2 is 2.11 bits per heavy atom. The van der Waals surface area contributed by atoms with E-state index in [1.54, 1.807) is 7.11 Å². The van der Waals surface area contributed by atoms with Crippen LogP contribution in [0, 0.1) is 0 Å². The van der Waals surface area contributed by atoms with Crippen molar-refractivity contribution in [3.63, 3.8) is 0 Å². The number of aryl methyl sites for hydroxylation is 2. The quantitative estimate of drug-likeness (QED) is 0.788. The van der Waals surface area contributed by atoms with E-state index < -0.39 is 6.10 Å². The van der Waals surface area contributed by atoms with Gasteiger partial charge in [-0.15, -0.1) is 0 Å². The van der Waals surface area contributed by atoms with E-state index in [0.29, 0.717) is 6.61 Å². The van der Waals surface area contributed by atoms with Crippen LogP contribution in [0.4, 0.5) is 0 Å². The zero-order valence-electron chi connectivity index (χ0n) is 10.8. The van der Waals surface area contributed by atoms with Gasteiger partial charge in [-0.1, -0.05) is 6.07 Å². The lowest BCUT2D eigenvalue weighted by Crippen LogP contribution is -2.44. The van der Waals surface area contributed by atoms with E-state index >= 15 is 0 Å². The van der Waals surface area contributed by atoms with Gasteiger partial charge in [0.25, 0.3) is 0 Å². The maximum atomic E-state index is 9.32. The third-order valence-corrected chi connectivity index (χ3v) is 3.37. The molecule has 2 unspecified atom stereocenters. The van der Waals surface area contributed by atoms with Gasteiger partial charge in [-0.05, 0) is 42.5 Å². The maximum Gasteiger partial charge on any atom is 0.139 e. The molecule has 0 saturated carbocycles. The van der Waals surface area contributed by atoms with Crippen LogP contribution in [0.1, 0.15) is 17.5 Å².